The summed E-state index contributed by atoms with van der Waals surface area (Å²) in [5, 5.41) is 20.3. The van der Waals surface area contributed by atoms with E-state index in [1.807, 2.05) is 17.8 Å². The van der Waals surface area contributed by atoms with Crippen LogP contribution in [0, 0.1) is 0 Å². The number of carboxylic acids is 2. The molecule has 0 aliphatic rings. The fourth-order valence-electron chi connectivity index (χ4n) is 8.38. The number of benzene rings is 1. The van der Waals surface area contributed by atoms with Crippen molar-refractivity contribution >= 4 is 59.5 Å². The van der Waals surface area contributed by atoms with E-state index in [1.165, 1.54) is 192 Å². The van der Waals surface area contributed by atoms with Crippen molar-refractivity contribution < 1.29 is 28.9 Å². The van der Waals surface area contributed by atoms with Crippen LogP contribution in [-0.4, -0.2) is 54.3 Å². The number of unbranched alkanes of at least 4 members (excludes halogenated alkanes) is 30. The Bertz CT molecular complexity index is 1150. The number of carbonyl (C=O) groups is 2. The van der Waals surface area contributed by atoms with Gasteiger partial charge in [-0.3, -0.25) is 0 Å². The zero-order chi connectivity index (χ0) is 43.7. The highest BCUT2D eigenvalue weighted by atomic mass is 32.2. The topological polar surface area (TPSA) is 115 Å². The maximum atomic E-state index is 12.9. The van der Waals surface area contributed by atoms with Gasteiger partial charge in [0.1, 0.15) is 0 Å². The molecule has 0 aliphatic heterocycles. The minimum Gasteiger partial charge on any atom is -0.478 e. The molecule has 0 amide bonds. The summed E-state index contributed by atoms with van der Waals surface area (Å²) in [5.74, 6) is 0.302. The molecule has 350 valence electrons. The average molecular weight is 916 g/mol. The minimum atomic E-state index is -1.23. The van der Waals surface area contributed by atoms with E-state index in [-0.39, 0.29) is 21.6 Å². The molecule has 0 bridgehead atoms. The van der Waals surface area contributed by atoms with E-state index >= 15 is 0 Å². The van der Waals surface area contributed by atoms with Crippen molar-refractivity contribution in [2.75, 3.05) is 23.0 Å². The Morgan fingerprint density at radius 1 is 0.433 bits per heavy atom. The van der Waals surface area contributed by atoms with Crippen molar-refractivity contribution in [3.05, 3.63) is 34.4 Å². The molecule has 1 rings (SSSR count). The van der Waals surface area contributed by atoms with Crippen LogP contribution in [-0.2, 0) is 0 Å². The predicted octanol–water partition coefficient (Wildman–Crippen LogP) is 18.3. The third-order valence-electron chi connectivity index (χ3n) is 12.0. The summed E-state index contributed by atoms with van der Waals surface area (Å²) >= 11 is 5.09. The molecule has 0 aliphatic carbocycles. The Balaban J connectivity index is 2.68. The molecule has 0 radical (unpaired) electrons. The van der Waals surface area contributed by atoms with Crippen LogP contribution in [0.3, 0.4) is 0 Å². The summed E-state index contributed by atoms with van der Waals surface area (Å²) in [6, 6.07) is 3.31. The lowest BCUT2D eigenvalue weighted by Crippen LogP contribution is -2.17. The van der Waals surface area contributed by atoms with Crippen molar-refractivity contribution in [3.8, 4) is 0 Å². The van der Waals surface area contributed by atoms with Gasteiger partial charge in [0, 0.05) is 22.0 Å². The second kappa shape index (κ2) is 42.4. The van der Waals surface area contributed by atoms with Gasteiger partial charge in [0.15, 0.2) is 0 Å². The molecule has 1 aromatic rings. The van der Waals surface area contributed by atoms with E-state index in [9.17, 15) is 28.9 Å². The van der Waals surface area contributed by atoms with Gasteiger partial charge < -0.3 is 19.3 Å². The van der Waals surface area contributed by atoms with Crippen LogP contribution in [0.15, 0.2) is 12.1 Å². The van der Waals surface area contributed by atoms with Crippen LogP contribution in [0.1, 0.15) is 274 Å². The van der Waals surface area contributed by atoms with Crippen LogP contribution >= 0.6 is 47.6 Å². The molecule has 4 N–H and O–H groups in total. The van der Waals surface area contributed by atoms with Crippen molar-refractivity contribution in [1.82, 2.24) is 0 Å². The fraction of sp³-hybridized carbons (Fsp3) is 0.840. The molecular weight excluding hydrogens is 825 g/mol. The third-order valence-corrected chi connectivity index (χ3v) is 15.6. The molecule has 2 unspecified atom stereocenters. The van der Waals surface area contributed by atoms with Crippen molar-refractivity contribution in [2.45, 2.75) is 243 Å². The molecule has 0 fully saturated rings. The number of rotatable bonds is 46. The highest BCUT2D eigenvalue weighted by Crippen LogP contribution is 2.45. The summed E-state index contributed by atoms with van der Waals surface area (Å²) in [7, 11) is 0. The molecule has 60 heavy (non-hydrogen) atoms. The van der Waals surface area contributed by atoms with Gasteiger partial charge in [0.05, 0.1) is 11.1 Å². The zero-order valence-electron chi connectivity index (χ0n) is 38.4. The van der Waals surface area contributed by atoms with Gasteiger partial charge in [0.25, 0.3) is 0 Å². The first-order chi connectivity index (χ1) is 29.4. The predicted molar refractivity (Wildman–Crippen MR) is 269 cm³/mol. The first kappa shape index (κ1) is 57.5. The SMILES string of the molecule is CCCCCCCCCCCCCCCCCCSC(CCSO)c1ccc(C(=O)O)c(C(=O)O)c1C(CCSO)SCCCCCCCCCCCCCCCCCC. The third kappa shape index (κ3) is 29.8. The first-order valence-electron chi connectivity index (χ1n) is 24.8. The standard InChI is InChI=1S/C50H90O6S4/c1-3-5-7-9-11-13-15-17-19-21-23-25-27-29-31-33-39-57-45(37-41-59-55)43-35-36-44(49(51)52)48(50(53)54)47(43)46(38-42-60-56)58-40-34-32-30-28-26-24-22-20-18-16-14-12-10-8-6-4-2/h35-36,45-46,55-56H,3-34,37-42H2,1-2H3,(H,51,52)(H,53,54). The van der Waals surface area contributed by atoms with Crippen molar-refractivity contribution in [1.29, 1.82) is 0 Å². The Morgan fingerprint density at radius 2 is 0.750 bits per heavy atom. The molecule has 10 heteroatoms. The maximum Gasteiger partial charge on any atom is 0.336 e. The smallest absolute Gasteiger partial charge is 0.336 e. The van der Waals surface area contributed by atoms with Crippen molar-refractivity contribution in [3.63, 3.8) is 0 Å². The van der Waals surface area contributed by atoms with E-state index in [2.05, 4.69) is 13.8 Å². The van der Waals surface area contributed by atoms with Gasteiger partial charge >= 0.3 is 11.9 Å². The van der Waals surface area contributed by atoms with Gasteiger partial charge in [-0.05, 0) is 78.5 Å². The van der Waals surface area contributed by atoms with Gasteiger partial charge in [0.2, 0.25) is 0 Å². The van der Waals surface area contributed by atoms with Gasteiger partial charge in [-0.1, -0.05) is 213 Å². The molecule has 6 nitrogen and oxygen atoms in total. The maximum absolute atomic E-state index is 12.9. The Hall–Kier alpha value is -0.520. The second-order valence-corrected chi connectivity index (χ2v) is 21.1. The molecule has 1 aromatic carbocycles. The van der Waals surface area contributed by atoms with E-state index in [0.29, 0.717) is 29.9 Å². The van der Waals surface area contributed by atoms with Crippen LogP contribution in [0.2, 0.25) is 0 Å². The lowest BCUT2D eigenvalue weighted by Gasteiger charge is -2.27. The Morgan fingerprint density at radius 3 is 1.07 bits per heavy atom. The normalized spacial score (nSPS) is 12.6. The van der Waals surface area contributed by atoms with E-state index < -0.39 is 11.9 Å². The molecule has 0 aromatic heterocycles. The molecule has 0 saturated carbocycles. The molecule has 0 spiro atoms. The Labute approximate surface area is 386 Å². The highest BCUT2D eigenvalue weighted by Gasteiger charge is 2.31. The molecule has 0 heterocycles. The summed E-state index contributed by atoms with van der Waals surface area (Å²) < 4.78 is 19.5. The van der Waals surface area contributed by atoms with Gasteiger partial charge in [-0.15, -0.1) is 0 Å². The number of aromatic carboxylic acids is 2. The van der Waals surface area contributed by atoms with Crippen molar-refractivity contribution in [2.24, 2.45) is 0 Å². The first-order valence-corrected chi connectivity index (χ1v) is 28.8. The van der Waals surface area contributed by atoms with Crippen LogP contribution in [0.4, 0.5) is 0 Å². The Kier molecular flexibility index (Phi) is 40.7. The van der Waals surface area contributed by atoms with Crippen LogP contribution < -0.4 is 0 Å². The van der Waals surface area contributed by atoms with Crippen LogP contribution in [0.5, 0.6) is 0 Å². The van der Waals surface area contributed by atoms with Gasteiger partial charge in [-0.25, -0.2) is 9.59 Å². The fourth-order valence-corrected chi connectivity index (χ4v) is 12.0. The lowest BCUT2D eigenvalue weighted by atomic mass is 9.90. The van der Waals surface area contributed by atoms with Gasteiger partial charge in [-0.2, -0.15) is 23.5 Å². The van der Waals surface area contributed by atoms with Crippen LogP contribution in [0.25, 0.3) is 0 Å². The monoisotopic (exact) mass is 915 g/mol. The summed E-state index contributed by atoms with van der Waals surface area (Å²) in [5.41, 5.74) is 1.19. The quantitative estimate of drug-likeness (QED) is 0.0372. The lowest BCUT2D eigenvalue weighted by molar-refractivity contribution is 0.0650. The second-order valence-electron chi connectivity index (χ2n) is 17.2. The summed E-state index contributed by atoms with van der Waals surface area (Å²) in [4.78, 5) is 25.3. The molecule has 2 atom stereocenters. The summed E-state index contributed by atoms with van der Waals surface area (Å²) in [6.45, 7) is 4.55. The van der Waals surface area contributed by atoms with E-state index in [1.54, 1.807) is 11.8 Å². The number of hydrogen-bond donors (Lipinski definition) is 4. The number of hydrogen-bond acceptors (Lipinski definition) is 8. The summed E-state index contributed by atoms with van der Waals surface area (Å²) in [6.07, 6.45) is 43.4. The van der Waals surface area contributed by atoms with E-state index in [4.69, 9.17) is 0 Å². The van der Waals surface area contributed by atoms with E-state index in [0.717, 1.165) is 60.4 Å². The molecular formula is C50H90O6S4. The average Bonchev–Trinajstić information content (AvgIpc) is 3.24. The highest BCUT2D eigenvalue weighted by molar-refractivity contribution is 8.00. The minimum absolute atomic E-state index is 0.0580. The zero-order valence-corrected chi connectivity index (χ0v) is 41.7. The largest absolute Gasteiger partial charge is 0.478 e. The number of thioether (sulfide) groups is 2. The molecule has 0 saturated heterocycles. The number of carboxylic acid groups (broad SMARTS) is 2.